The molecular formula is C10H17N3S. The summed E-state index contributed by atoms with van der Waals surface area (Å²) in [5.74, 6) is 0.739. The summed E-state index contributed by atoms with van der Waals surface area (Å²) in [5.41, 5.74) is 7.13. The van der Waals surface area contributed by atoms with E-state index < -0.39 is 0 Å². The van der Waals surface area contributed by atoms with Gasteiger partial charge in [0.05, 0.1) is 5.69 Å². The Morgan fingerprint density at radius 3 is 3.00 bits per heavy atom. The monoisotopic (exact) mass is 211 g/mol. The highest BCUT2D eigenvalue weighted by Crippen LogP contribution is 2.28. The molecule has 1 unspecified atom stereocenters. The maximum Gasteiger partial charge on any atom is 0.182 e. The van der Waals surface area contributed by atoms with E-state index in [0.717, 1.165) is 23.3 Å². The molecule has 0 bridgehead atoms. The fraction of sp³-hybridized carbons (Fsp3) is 0.700. The summed E-state index contributed by atoms with van der Waals surface area (Å²) in [7, 11) is 0. The van der Waals surface area contributed by atoms with Crippen LogP contribution in [0.1, 0.15) is 25.0 Å². The van der Waals surface area contributed by atoms with Crippen molar-refractivity contribution in [2.24, 2.45) is 11.7 Å². The van der Waals surface area contributed by atoms with E-state index in [1.54, 1.807) is 11.3 Å². The summed E-state index contributed by atoms with van der Waals surface area (Å²) >= 11 is 1.65. The first kappa shape index (κ1) is 9.93. The Bertz CT molecular complexity index is 293. The molecule has 14 heavy (non-hydrogen) atoms. The Hall–Kier alpha value is -0.610. The molecule has 0 aromatic carbocycles. The molecule has 1 aromatic rings. The third-order valence-corrected chi connectivity index (χ3v) is 3.78. The molecule has 0 aliphatic heterocycles. The van der Waals surface area contributed by atoms with Crippen molar-refractivity contribution in [3.63, 3.8) is 0 Å². The lowest BCUT2D eigenvalue weighted by Gasteiger charge is -2.31. The van der Waals surface area contributed by atoms with Gasteiger partial charge in [-0.15, -0.1) is 11.3 Å². The Labute approximate surface area is 88.7 Å². The number of nitrogens with one attached hydrogen (secondary N) is 1. The van der Waals surface area contributed by atoms with Gasteiger partial charge in [0.25, 0.3) is 0 Å². The standard InChI is InChI=1S/C10H17N3S/c1-7-6-14-10(13-7)12-5-9(11)8-3-2-4-8/h6,8-9H,2-5,11H2,1H3,(H,12,13). The Morgan fingerprint density at radius 1 is 1.71 bits per heavy atom. The molecule has 0 spiro atoms. The molecule has 1 aliphatic rings. The van der Waals surface area contributed by atoms with E-state index in [0.29, 0.717) is 6.04 Å². The van der Waals surface area contributed by atoms with Crippen molar-refractivity contribution >= 4 is 16.5 Å². The number of rotatable bonds is 4. The SMILES string of the molecule is Cc1csc(NCC(N)C2CCC2)n1. The summed E-state index contributed by atoms with van der Waals surface area (Å²) in [5, 5.41) is 6.35. The largest absolute Gasteiger partial charge is 0.360 e. The van der Waals surface area contributed by atoms with Gasteiger partial charge in [-0.05, 0) is 25.7 Å². The van der Waals surface area contributed by atoms with Crippen molar-refractivity contribution in [3.05, 3.63) is 11.1 Å². The van der Waals surface area contributed by atoms with E-state index in [1.165, 1.54) is 19.3 Å². The predicted molar refractivity (Wildman–Crippen MR) is 60.7 cm³/mol. The minimum absolute atomic E-state index is 0.299. The summed E-state index contributed by atoms with van der Waals surface area (Å²) in [6.45, 7) is 2.87. The van der Waals surface area contributed by atoms with Crippen LogP contribution >= 0.6 is 11.3 Å². The predicted octanol–water partition coefficient (Wildman–Crippen LogP) is 1.99. The quantitative estimate of drug-likeness (QED) is 0.801. The van der Waals surface area contributed by atoms with Gasteiger partial charge in [-0.1, -0.05) is 6.42 Å². The molecule has 1 aromatic heterocycles. The summed E-state index contributed by atoms with van der Waals surface area (Å²) in [6.07, 6.45) is 3.97. The highest BCUT2D eigenvalue weighted by atomic mass is 32.1. The van der Waals surface area contributed by atoms with Gasteiger partial charge in [-0.25, -0.2) is 4.98 Å². The lowest BCUT2D eigenvalue weighted by molar-refractivity contribution is 0.268. The normalized spacial score (nSPS) is 19.0. The zero-order valence-electron chi connectivity index (χ0n) is 8.49. The number of nitrogens with zero attached hydrogens (tertiary/aromatic N) is 1. The molecule has 1 aliphatic carbocycles. The number of aromatic nitrogens is 1. The van der Waals surface area contributed by atoms with Gasteiger partial charge in [0, 0.05) is 18.0 Å². The number of anilines is 1. The molecule has 3 N–H and O–H groups in total. The van der Waals surface area contributed by atoms with E-state index in [4.69, 9.17) is 5.73 Å². The number of aryl methyl sites for hydroxylation is 1. The average Bonchev–Trinajstić information content (AvgIpc) is 2.45. The zero-order valence-corrected chi connectivity index (χ0v) is 9.31. The van der Waals surface area contributed by atoms with Crippen LogP contribution in [0.15, 0.2) is 5.38 Å². The van der Waals surface area contributed by atoms with E-state index in [2.05, 4.69) is 15.7 Å². The highest BCUT2D eigenvalue weighted by Gasteiger charge is 2.24. The maximum absolute atomic E-state index is 6.05. The van der Waals surface area contributed by atoms with Crippen molar-refractivity contribution in [1.82, 2.24) is 4.98 Å². The van der Waals surface area contributed by atoms with Crippen LogP contribution in [0.25, 0.3) is 0 Å². The molecule has 1 saturated carbocycles. The van der Waals surface area contributed by atoms with Crippen LogP contribution in [-0.4, -0.2) is 17.6 Å². The highest BCUT2D eigenvalue weighted by molar-refractivity contribution is 7.13. The number of thiazole rings is 1. The molecule has 0 saturated heterocycles. The Morgan fingerprint density at radius 2 is 2.50 bits per heavy atom. The van der Waals surface area contributed by atoms with Crippen molar-refractivity contribution in [3.8, 4) is 0 Å². The van der Waals surface area contributed by atoms with Crippen LogP contribution in [0.5, 0.6) is 0 Å². The van der Waals surface area contributed by atoms with Crippen LogP contribution in [0.3, 0.4) is 0 Å². The molecule has 4 heteroatoms. The van der Waals surface area contributed by atoms with E-state index in [9.17, 15) is 0 Å². The van der Waals surface area contributed by atoms with Crippen LogP contribution in [-0.2, 0) is 0 Å². The number of nitrogens with two attached hydrogens (primary N) is 1. The molecule has 0 amide bonds. The average molecular weight is 211 g/mol. The van der Waals surface area contributed by atoms with Crippen molar-refractivity contribution < 1.29 is 0 Å². The molecule has 3 nitrogen and oxygen atoms in total. The molecule has 1 fully saturated rings. The first-order valence-corrected chi connectivity index (χ1v) is 6.05. The number of hydrogen-bond donors (Lipinski definition) is 2. The van der Waals surface area contributed by atoms with Gasteiger partial charge in [-0.2, -0.15) is 0 Å². The first-order chi connectivity index (χ1) is 6.75. The van der Waals surface area contributed by atoms with Crippen molar-refractivity contribution in [1.29, 1.82) is 0 Å². The van der Waals surface area contributed by atoms with Crippen molar-refractivity contribution in [2.75, 3.05) is 11.9 Å². The van der Waals surface area contributed by atoms with Gasteiger partial charge in [0.2, 0.25) is 0 Å². The van der Waals surface area contributed by atoms with Crippen LogP contribution < -0.4 is 11.1 Å². The van der Waals surface area contributed by atoms with Crippen LogP contribution in [0.2, 0.25) is 0 Å². The van der Waals surface area contributed by atoms with Crippen LogP contribution in [0.4, 0.5) is 5.13 Å². The second kappa shape index (κ2) is 4.28. The molecule has 78 valence electrons. The molecule has 1 heterocycles. The topological polar surface area (TPSA) is 50.9 Å². The maximum atomic E-state index is 6.05. The molecular weight excluding hydrogens is 194 g/mol. The Balaban J connectivity index is 1.76. The van der Waals surface area contributed by atoms with Crippen molar-refractivity contribution in [2.45, 2.75) is 32.2 Å². The lowest BCUT2D eigenvalue weighted by Crippen LogP contribution is -2.40. The smallest absolute Gasteiger partial charge is 0.182 e. The third-order valence-electron chi connectivity index (χ3n) is 2.86. The summed E-state index contributed by atoms with van der Waals surface area (Å²) in [6, 6.07) is 0.299. The lowest BCUT2D eigenvalue weighted by atomic mass is 9.80. The minimum atomic E-state index is 0.299. The fourth-order valence-corrected chi connectivity index (χ4v) is 2.37. The van der Waals surface area contributed by atoms with E-state index in [-0.39, 0.29) is 0 Å². The molecule has 1 atom stereocenters. The third kappa shape index (κ3) is 2.25. The van der Waals surface area contributed by atoms with E-state index >= 15 is 0 Å². The van der Waals surface area contributed by atoms with Gasteiger partial charge in [-0.3, -0.25) is 0 Å². The number of hydrogen-bond acceptors (Lipinski definition) is 4. The fourth-order valence-electron chi connectivity index (χ4n) is 1.67. The second-order valence-electron chi connectivity index (χ2n) is 4.03. The van der Waals surface area contributed by atoms with Crippen LogP contribution in [0, 0.1) is 12.8 Å². The van der Waals surface area contributed by atoms with E-state index in [1.807, 2.05) is 6.92 Å². The Kier molecular flexibility index (Phi) is 3.03. The second-order valence-corrected chi connectivity index (χ2v) is 4.89. The van der Waals surface area contributed by atoms with Gasteiger partial charge >= 0.3 is 0 Å². The zero-order chi connectivity index (χ0) is 9.97. The molecule has 2 rings (SSSR count). The van der Waals surface area contributed by atoms with Gasteiger partial charge in [0.15, 0.2) is 5.13 Å². The van der Waals surface area contributed by atoms with Gasteiger partial charge in [0.1, 0.15) is 0 Å². The summed E-state index contributed by atoms with van der Waals surface area (Å²) < 4.78 is 0. The first-order valence-electron chi connectivity index (χ1n) is 5.17. The summed E-state index contributed by atoms with van der Waals surface area (Å²) in [4.78, 5) is 4.34. The molecule has 0 radical (unpaired) electrons. The minimum Gasteiger partial charge on any atom is -0.360 e. The van der Waals surface area contributed by atoms with Gasteiger partial charge < -0.3 is 11.1 Å².